The summed E-state index contributed by atoms with van der Waals surface area (Å²) >= 11 is 0. The maximum Gasteiger partial charge on any atom is 0.306 e. The number of carbonyl (C=O) groups excluding carboxylic acids is 1. The lowest BCUT2D eigenvalue weighted by atomic mass is 9.70. The molecule has 3 aromatic rings. The smallest absolute Gasteiger partial charge is 0.306 e. The molecular weight excluding hydrogens is 368 g/mol. The van der Waals surface area contributed by atoms with Crippen molar-refractivity contribution in [1.29, 1.82) is 0 Å². The van der Waals surface area contributed by atoms with E-state index in [0.29, 0.717) is 32.5 Å². The Bertz CT molecular complexity index is 1070. The van der Waals surface area contributed by atoms with Gasteiger partial charge in [-0.25, -0.2) is 0 Å². The molecule has 1 saturated heterocycles. The zero-order valence-electron chi connectivity index (χ0n) is 16.1. The Balaban J connectivity index is 1.35. The lowest BCUT2D eigenvalue weighted by molar-refractivity contribution is -0.148. The molecule has 150 valence electrons. The van der Waals surface area contributed by atoms with Gasteiger partial charge in [0, 0.05) is 34.2 Å². The molecule has 2 unspecified atom stereocenters. The first-order valence-electron chi connectivity index (χ1n) is 10.2. The summed E-state index contributed by atoms with van der Waals surface area (Å²) in [5.41, 5.74) is 3.04. The van der Waals surface area contributed by atoms with Crippen LogP contribution in [0.2, 0.25) is 0 Å². The average Bonchev–Trinajstić information content (AvgIpc) is 3.07. The number of nitrogens with one attached hydrogen (secondary N) is 2. The number of fused-ring (bicyclic) bond motifs is 5. The number of hydrogen-bond acceptors (Lipinski definition) is 3. The first kappa shape index (κ1) is 18.2. The first-order chi connectivity index (χ1) is 14.1. The highest BCUT2D eigenvalue weighted by molar-refractivity contribution is 6.08. The summed E-state index contributed by atoms with van der Waals surface area (Å²) < 4.78 is 5.64. The normalized spacial score (nSPS) is 26.5. The number of aromatic amines is 1. The van der Waals surface area contributed by atoms with Crippen LogP contribution in [-0.4, -0.2) is 41.2 Å². The summed E-state index contributed by atoms with van der Waals surface area (Å²) in [7, 11) is 0. The molecule has 1 aromatic heterocycles. The third-order valence-electron chi connectivity index (χ3n) is 6.51. The zero-order valence-corrected chi connectivity index (χ0v) is 16.1. The van der Waals surface area contributed by atoms with E-state index in [2.05, 4.69) is 22.4 Å². The molecule has 0 radical (unpaired) electrons. The van der Waals surface area contributed by atoms with Crippen molar-refractivity contribution < 1.29 is 19.4 Å². The predicted molar refractivity (Wildman–Crippen MR) is 110 cm³/mol. The summed E-state index contributed by atoms with van der Waals surface area (Å²) in [6.07, 6.45) is 1.42. The van der Waals surface area contributed by atoms with Gasteiger partial charge < -0.3 is 20.1 Å². The Morgan fingerprint density at radius 3 is 2.52 bits per heavy atom. The fourth-order valence-corrected chi connectivity index (χ4v) is 5.15. The van der Waals surface area contributed by atoms with E-state index in [1.165, 1.54) is 0 Å². The molecule has 2 heterocycles. The Kier molecular flexibility index (Phi) is 4.51. The summed E-state index contributed by atoms with van der Waals surface area (Å²) in [5, 5.41) is 14.9. The van der Waals surface area contributed by atoms with Gasteiger partial charge in [-0.05, 0) is 24.5 Å². The number of para-hydroxylation sites is 2. The van der Waals surface area contributed by atoms with Crippen LogP contribution in [0.15, 0.2) is 42.5 Å². The molecule has 1 aliphatic carbocycles. The summed E-state index contributed by atoms with van der Waals surface area (Å²) in [5.74, 6) is -0.959. The fraction of sp³-hybridized carbons (Fsp3) is 0.391. The Labute approximate surface area is 168 Å². The second kappa shape index (κ2) is 7.19. The van der Waals surface area contributed by atoms with Gasteiger partial charge in [-0.2, -0.15) is 0 Å². The fourth-order valence-electron chi connectivity index (χ4n) is 5.15. The molecule has 1 amide bonds. The molecule has 29 heavy (non-hydrogen) atoms. The van der Waals surface area contributed by atoms with Crippen molar-refractivity contribution >= 4 is 33.7 Å². The number of carboxylic acids is 1. The van der Waals surface area contributed by atoms with Gasteiger partial charge in [-0.1, -0.05) is 36.4 Å². The van der Waals surface area contributed by atoms with Crippen LogP contribution in [0.3, 0.4) is 0 Å². The monoisotopic (exact) mass is 392 g/mol. The summed E-state index contributed by atoms with van der Waals surface area (Å²) in [6, 6.07) is 14.2. The number of aliphatic carboxylic acids is 1. The van der Waals surface area contributed by atoms with Crippen LogP contribution < -0.4 is 5.32 Å². The second-order valence-corrected chi connectivity index (χ2v) is 8.34. The van der Waals surface area contributed by atoms with Crippen LogP contribution in [0.4, 0.5) is 0 Å². The lowest BCUT2D eigenvalue weighted by Gasteiger charge is -2.44. The third-order valence-corrected chi connectivity index (χ3v) is 6.51. The van der Waals surface area contributed by atoms with Gasteiger partial charge in [-0.15, -0.1) is 0 Å². The molecule has 2 aromatic carbocycles. The Morgan fingerprint density at radius 2 is 1.76 bits per heavy atom. The minimum Gasteiger partial charge on any atom is -0.481 e. The predicted octanol–water partition coefficient (Wildman–Crippen LogP) is 3.11. The largest absolute Gasteiger partial charge is 0.481 e. The first-order valence-corrected chi connectivity index (χ1v) is 10.2. The van der Waals surface area contributed by atoms with Crippen molar-refractivity contribution in [3.05, 3.63) is 48.0 Å². The number of ether oxygens (including phenoxy) is 1. The Morgan fingerprint density at radius 1 is 1.03 bits per heavy atom. The molecule has 0 spiro atoms. The van der Waals surface area contributed by atoms with E-state index >= 15 is 0 Å². The van der Waals surface area contributed by atoms with E-state index in [4.69, 9.17) is 4.74 Å². The molecule has 5 rings (SSSR count). The molecule has 1 aliphatic heterocycles. The number of hydrogen-bond donors (Lipinski definition) is 3. The minimum atomic E-state index is -0.739. The maximum absolute atomic E-state index is 12.9. The van der Waals surface area contributed by atoms with Crippen LogP contribution in [0.25, 0.3) is 21.8 Å². The van der Waals surface area contributed by atoms with Crippen LogP contribution in [-0.2, 0) is 20.7 Å². The van der Waals surface area contributed by atoms with Crippen molar-refractivity contribution in [3.8, 4) is 0 Å². The molecular formula is C23H24N2O4. The van der Waals surface area contributed by atoms with Crippen molar-refractivity contribution in [1.82, 2.24) is 10.3 Å². The van der Waals surface area contributed by atoms with E-state index in [9.17, 15) is 14.7 Å². The van der Waals surface area contributed by atoms with Gasteiger partial charge in [0.1, 0.15) is 0 Å². The van der Waals surface area contributed by atoms with Crippen LogP contribution >= 0.6 is 0 Å². The number of amides is 1. The highest BCUT2D eigenvalue weighted by Crippen LogP contribution is 2.37. The molecule has 2 atom stereocenters. The highest BCUT2D eigenvalue weighted by Gasteiger charge is 2.43. The maximum atomic E-state index is 12.9. The zero-order chi connectivity index (χ0) is 20.0. The molecule has 2 bridgehead atoms. The number of rotatable bonds is 4. The van der Waals surface area contributed by atoms with E-state index in [-0.39, 0.29) is 29.7 Å². The summed E-state index contributed by atoms with van der Waals surface area (Å²) in [4.78, 5) is 27.8. The molecule has 2 aliphatic rings. The minimum absolute atomic E-state index is 0.00577. The molecule has 3 N–H and O–H groups in total. The van der Waals surface area contributed by atoms with E-state index in [1.54, 1.807) is 0 Å². The number of benzene rings is 2. The highest BCUT2D eigenvalue weighted by atomic mass is 16.5. The molecule has 6 nitrogen and oxygen atoms in total. The van der Waals surface area contributed by atoms with Crippen LogP contribution in [0.5, 0.6) is 0 Å². The van der Waals surface area contributed by atoms with Gasteiger partial charge in [0.25, 0.3) is 0 Å². The second-order valence-electron chi connectivity index (χ2n) is 8.34. The van der Waals surface area contributed by atoms with Crippen LogP contribution in [0, 0.1) is 17.8 Å². The van der Waals surface area contributed by atoms with Gasteiger partial charge >= 0.3 is 5.97 Å². The third kappa shape index (κ3) is 3.27. The van der Waals surface area contributed by atoms with E-state index in [1.807, 2.05) is 30.3 Å². The average molecular weight is 392 g/mol. The van der Waals surface area contributed by atoms with Crippen LogP contribution in [0.1, 0.15) is 18.4 Å². The number of carbonyl (C=O) groups is 2. The van der Waals surface area contributed by atoms with Crippen molar-refractivity contribution in [3.63, 3.8) is 0 Å². The van der Waals surface area contributed by atoms with Gasteiger partial charge in [0.05, 0.1) is 31.1 Å². The van der Waals surface area contributed by atoms with Crippen molar-refractivity contribution in [2.24, 2.45) is 17.8 Å². The quantitative estimate of drug-likeness (QED) is 0.636. The van der Waals surface area contributed by atoms with E-state index in [0.717, 1.165) is 27.4 Å². The molecule has 2 fully saturated rings. The van der Waals surface area contributed by atoms with E-state index < -0.39 is 5.97 Å². The molecule has 1 saturated carbocycles. The number of aromatic nitrogens is 1. The van der Waals surface area contributed by atoms with Gasteiger partial charge in [0.2, 0.25) is 5.91 Å². The van der Waals surface area contributed by atoms with Crippen molar-refractivity contribution in [2.75, 3.05) is 13.2 Å². The molecule has 6 heteroatoms. The number of H-pyrrole nitrogens is 1. The lowest BCUT2D eigenvalue weighted by Crippen LogP contribution is -2.55. The van der Waals surface area contributed by atoms with Gasteiger partial charge in [0.15, 0.2) is 0 Å². The topological polar surface area (TPSA) is 91.4 Å². The van der Waals surface area contributed by atoms with Crippen molar-refractivity contribution in [2.45, 2.75) is 25.3 Å². The number of carboxylic acid groups (broad SMARTS) is 1. The SMILES string of the molecule is O=C(Cc1cccc2c1[nH]c1ccccc12)NC1C2COCC1CC(C(=O)O)C2. The standard InChI is InChI=1S/C23H24N2O4/c26-20(25-21-15-8-14(23(27)28)9-16(21)12-29-11-15)10-13-4-3-6-18-17-5-1-2-7-19(17)24-22(13)18/h1-7,14-16,21,24H,8-12H2,(H,25,26)(H,27,28). The van der Waals surface area contributed by atoms with Gasteiger partial charge in [-0.3, -0.25) is 9.59 Å². The Hall–Kier alpha value is -2.86. The summed E-state index contributed by atoms with van der Waals surface area (Å²) in [6.45, 7) is 1.03.